The summed E-state index contributed by atoms with van der Waals surface area (Å²) in [7, 11) is -1.20. The topological polar surface area (TPSA) is 46.2 Å². The van der Waals surface area contributed by atoms with Gasteiger partial charge in [0.2, 0.25) is 0 Å². The van der Waals surface area contributed by atoms with E-state index in [9.17, 15) is 8.42 Å². The molecule has 0 aliphatic carbocycles. The zero-order chi connectivity index (χ0) is 13.3. The van der Waals surface area contributed by atoms with E-state index in [0.29, 0.717) is 10.1 Å². The van der Waals surface area contributed by atoms with Gasteiger partial charge in [0.1, 0.15) is 4.34 Å². The summed E-state index contributed by atoms with van der Waals surface area (Å²) >= 11 is 10.8. The SMILES string of the molecule is CNC(c1cc(Br)c(Cl)s1)C1CCCCS1(=O)=O. The lowest BCUT2D eigenvalue weighted by Gasteiger charge is -2.29. The number of thiophene rings is 1. The molecule has 1 N–H and O–H groups in total. The largest absolute Gasteiger partial charge is 0.311 e. The Morgan fingerprint density at radius 1 is 1.56 bits per heavy atom. The summed E-state index contributed by atoms with van der Waals surface area (Å²) in [5.74, 6) is 0.302. The number of sulfone groups is 1. The minimum atomic E-state index is -3.00. The monoisotopic (exact) mass is 371 g/mol. The smallest absolute Gasteiger partial charge is 0.155 e. The van der Waals surface area contributed by atoms with Crippen LogP contribution in [0.4, 0.5) is 0 Å². The molecule has 1 aliphatic rings. The molecule has 0 amide bonds. The summed E-state index contributed by atoms with van der Waals surface area (Å²) < 4.78 is 25.8. The normalized spacial score (nSPS) is 24.9. The second kappa shape index (κ2) is 5.79. The summed E-state index contributed by atoms with van der Waals surface area (Å²) in [5.41, 5.74) is 0. The fourth-order valence-corrected chi connectivity index (χ4v) is 6.51. The molecule has 102 valence electrons. The molecule has 2 unspecified atom stereocenters. The highest BCUT2D eigenvalue weighted by molar-refractivity contribution is 9.10. The van der Waals surface area contributed by atoms with Crippen LogP contribution >= 0.6 is 38.9 Å². The van der Waals surface area contributed by atoms with Crippen LogP contribution in [0, 0.1) is 0 Å². The average molecular weight is 373 g/mol. The minimum absolute atomic E-state index is 0.163. The van der Waals surface area contributed by atoms with Gasteiger partial charge in [-0.3, -0.25) is 0 Å². The van der Waals surface area contributed by atoms with Crippen LogP contribution in [0.1, 0.15) is 30.2 Å². The van der Waals surface area contributed by atoms with Crippen molar-refractivity contribution in [2.24, 2.45) is 0 Å². The number of nitrogens with one attached hydrogen (secondary N) is 1. The highest BCUT2D eigenvalue weighted by Crippen LogP contribution is 2.39. The van der Waals surface area contributed by atoms with Crippen molar-refractivity contribution in [2.45, 2.75) is 30.6 Å². The molecular weight excluding hydrogens is 358 g/mol. The molecule has 3 nitrogen and oxygen atoms in total. The molecule has 7 heteroatoms. The molecule has 1 aromatic rings. The van der Waals surface area contributed by atoms with E-state index in [1.807, 2.05) is 6.07 Å². The van der Waals surface area contributed by atoms with E-state index in [0.717, 1.165) is 28.6 Å². The molecule has 0 bridgehead atoms. The first-order chi connectivity index (χ1) is 8.45. The van der Waals surface area contributed by atoms with Gasteiger partial charge in [-0.2, -0.15) is 0 Å². The van der Waals surface area contributed by atoms with Gasteiger partial charge in [0, 0.05) is 9.35 Å². The van der Waals surface area contributed by atoms with Crippen molar-refractivity contribution in [3.8, 4) is 0 Å². The molecule has 18 heavy (non-hydrogen) atoms. The highest BCUT2D eigenvalue weighted by atomic mass is 79.9. The Kier molecular flexibility index (Phi) is 4.75. The van der Waals surface area contributed by atoms with E-state index in [-0.39, 0.29) is 11.3 Å². The Bertz CT molecular complexity index is 510. The molecule has 0 aromatic carbocycles. The highest BCUT2D eigenvalue weighted by Gasteiger charge is 2.36. The van der Waals surface area contributed by atoms with E-state index < -0.39 is 9.84 Å². The van der Waals surface area contributed by atoms with Crippen molar-refractivity contribution in [1.29, 1.82) is 0 Å². The number of rotatable bonds is 3. The summed E-state index contributed by atoms with van der Waals surface area (Å²) in [5, 5.41) is 2.80. The maximum absolute atomic E-state index is 12.2. The van der Waals surface area contributed by atoms with Gasteiger partial charge in [-0.05, 0) is 41.9 Å². The number of hydrogen-bond acceptors (Lipinski definition) is 4. The molecular formula is C11H15BrClNO2S2. The molecule has 2 atom stereocenters. The zero-order valence-electron chi connectivity index (χ0n) is 9.95. The van der Waals surface area contributed by atoms with Crippen LogP contribution in [0.5, 0.6) is 0 Å². The lowest BCUT2D eigenvalue weighted by atomic mass is 10.1. The predicted octanol–water partition coefficient (Wildman–Crippen LogP) is 3.39. The molecule has 1 fully saturated rings. The molecule has 1 aliphatic heterocycles. The maximum atomic E-state index is 12.2. The van der Waals surface area contributed by atoms with Crippen molar-refractivity contribution in [2.75, 3.05) is 12.8 Å². The maximum Gasteiger partial charge on any atom is 0.155 e. The standard InChI is InChI=1S/C11H15BrClNO2S2/c1-14-10(8-6-7(12)11(13)17-8)9-4-2-3-5-18(9,15)16/h6,9-10,14H,2-5H2,1H3. The first kappa shape index (κ1) is 14.8. The van der Waals surface area contributed by atoms with E-state index >= 15 is 0 Å². The van der Waals surface area contributed by atoms with E-state index in [1.165, 1.54) is 11.3 Å². The lowest BCUT2D eigenvalue weighted by molar-refractivity contribution is 0.473. The summed E-state index contributed by atoms with van der Waals surface area (Å²) in [6.07, 6.45) is 2.48. The molecule has 2 heterocycles. The van der Waals surface area contributed by atoms with Gasteiger partial charge < -0.3 is 5.32 Å². The van der Waals surface area contributed by atoms with Crippen LogP contribution in [-0.2, 0) is 9.84 Å². The van der Waals surface area contributed by atoms with Gasteiger partial charge in [0.25, 0.3) is 0 Å². The summed E-state index contributed by atoms with van der Waals surface area (Å²) in [6.45, 7) is 0. The summed E-state index contributed by atoms with van der Waals surface area (Å²) in [4.78, 5) is 0.977. The van der Waals surface area contributed by atoms with Gasteiger partial charge in [-0.15, -0.1) is 11.3 Å². The van der Waals surface area contributed by atoms with Gasteiger partial charge in [0.15, 0.2) is 9.84 Å². The fourth-order valence-electron chi connectivity index (χ4n) is 2.38. The lowest BCUT2D eigenvalue weighted by Crippen LogP contribution is -2.39. The van der Waals surface area contributed by atoms with Gasteiger partial charge in [-0.1, -0.05) is 18.0 Å². The Balaban J connectivity index is 2.33. The molecule has 1 aromatic heterocycles. The van der Waals surface area contributed by atoms with Crippen molar-refractivity contribution < 1.29 is 8.42 Å². The van der Waals surface area contributed by atoms with Crippen molar-refractivity contribution >= 4 is 48.7 Å². The van der Waals surface area contributed by atoms with Crippen LogP contribution in [0.25, 0.3) is 0 Å². The van der Waals surface area contributed by atoms with E-state index in [2.05, 4.69) is 21.2 Å². The molecule has 1 saturated heterocycles. The minimum Gasteiger partial charge on any atom is -0.311 e. The third-order valence-corrected chi connectivity index (χ3v) is 8.13. The van der Waals surface area contributed by atoms with Crippen LogP contribution in [0.3, 0.4) is 0 Å². The second-order valence-corrected chi connectivity index (χ2v) is 9.32. The van der Waals surface area contributed by atoms with Crippen molar-refractivity contribution in [3.05, 3.63) is 19.8 Å². The second-order valence-electron chi connectivity index (χ2n) is 4.44. The first-order valence-corrected chi connectivity index (χ1v) is 9.49. The number of halogens is 2. The Labute approximate surface area is 125 Å². The number of hydrogen-bond donors (Lipinski definition) is 1. The average Bonchev–Trinajstić information content (AvgIpc) is 2.62. The fraction of sp³-hybridized carbons (Fsp3) is 0.636. The van der Waals surface area contributed by atoms with Crippen molar-refractivity contribution in [3.63, 3.8) is 0 Å². The quantitative estimate of drug-likeness (QED) is 0.884. The molecule has 0 spiro atoms. The van der Waals surface area contributed by atoms with Gasteiger partial charge >= 0.3 is 0 Å². The third-order valence-electron chi connectivity index (χ3n) is 3.28. The Morgan fingerprint density at radius 2 is 2.28 bits per heavy atom. The van der Waals surface area contributed by atoms with E-state index in [4.69, 9.17) is 11.6 Å². The van der Waals surface area contributed by atoms with Crippen LogP contribution in [0.15, 0.2) is 10.5 Å². The Hall–Kier alpha value is 0.380. The summed E-state index contributed by atoms with van der Waals surface area (Å²) in [6, 6.07) is 1.75. The predicted molar refractivity (Wildman–Crippen MR) is 80.3 cm³/mol. The first-order valence-electron chi connectivity index (χ1n) is 5.79. The van der Waals surface area contributed by atoms with E-state index in [1.54, 1.807) is 7.05 Å². The van der Waals surface area contributed by atoms with Crippen LogP contribution in [-0.4, -0.2) is 26.5 Å². The molecule has 2 rings (SSSR count). The van der Waals surface area contributed by atoms with Crippen molar-refractivity contribution in [1.82, 2.24) is 5.32 Å². The zero-order valence-corrected chi connectivity index (χ0v) is 13.9. The molecule has 0 radical (unpaired) electrons. The third kappa shape index (κ3) is 2.93. The molecule has 0 saturated carbocycles. The van der Waals surface area contributed by atoms with Gasteiger partial charge in [0.05, 0.1) is 17.0 Å². The van der Waals surface area contributed by atoms with Gasteiger partial charge in [-0.25, -0.2) is 8.42 Å². The van der Waals surface area contributed by atoms with Crippen LogP contribution in [0.2, 0.25) is 4.34 Å². The van der Waals surface area contributed by atoms with Crippen LogP contribution < -0.4 is 5.32 Å². The Morgan fingerprint density at radius 3 is 2.78 bits per heavy atom.